The molecule has 19 heavy (non-hydrogen) atoms. The highest BCUT2D eigenvalue weighted by Crippen LogP contribution is 2.58. The average Bonchev–Trinajstić information content (AvgIpc) is 2.82. The lowest BCUT2D eigenvalue weighted by Gasteiger charge is -2.49. The molecule has 2 atom stereocenters. The third-order valence-electron chi connectivity index (χ3n) is 4.24. The molecule has 0 radical (unpaired) electrons. The van der Waals surface area contributed by atoms with E-state index in [4.69, 9.17) is 0 Å². The van der Waals surface area contributed by atoms with E-state index >= 15 is 0 Å². The SMILES string of the molecule is Cc1csc(C2C(=O)C(C)(C)C2c2ccccc2)c1. The van der Waals surface area contributed by atoms with Gasteiger partial charge < -0.3 is 0 Å². The minimum atomic E-state index is -0.246. The van der Waals surface area contributed by atoms with Crippen molar-refractivity contribution in [3.8, 4) is 0 Å². The van der Waals surface area contributed by atoms with Crippen LogP contribution in [0, 0.1) is 12.3 Å². The number of carbonyl (C=O) groups is 1. The van der Waals surface area contributed by atoms with E-state index in [1.165, 1.54) is 16.0 Å². The molecule has 98 valence electrons. The first-order chi connectivity index (χ1) is 9.01. The van der Waals surface area contributed by atoms with Crippen LogP contribution in [-0.4, -0.2) is 5.78 Å². The lowest BCUT2D eigenvalue weighted by molar-refractivity contribution is -0.141. The fourth-order valence-electron chi connectivity index (χ4n) is 3.21. The lowest BCUT2D eigenvalue weighted by atomic mass is 9.52. The summed E-state index contributed by atoms with van der Waals surface area (Å²) in [6.07, 6.45) is 0. The molecule has 1 saturated carbocycles. The fraction of sp³-hybridized carbons (Fsp3) is 0.353. The Labute approximate surface area is 118 Å². The van der Waals surface area contributed by atoms with Gasteiger partial charge >= 0.3 is 0 Å². The van der Waals surface area contributed by atoms with Gasteiger partial charge in [-0.15, -0.1) is 11.3 Å². The Balaban J connectivity index is 2.02. The summed E-state index contributed by atoms with van der Waals surface area (Å²) in [5.74, 6) is 0.735. The highest BCUT2D eigenvalue weighted by atomic mass is 32.1. The van der Waals surface area contributed by atoms with E-state index in [1.54, 1.807) is 11.3 Å². The second-order valence-corrected chi connectivity index (χ2v) is 6.92. The lowest BCUT2D eigenvalue weighted by Crippen LogP contribution is -2.50. The number of thiophene rings is 1. The fourth-order valence-corrected chi connectivity index (χ4v) is 4.24. The van der Waals surface area contributed by atoms with Crippen LogP contribution in [0.15, 0.2) is 41.8 Å². The van der Waals surface area contributed by atoms with Gasteiger partial charge in [-0.1, -0.05) is 44.2 Å². The number of ketones is 1. The summed E-state index contributed by atoms with van der Waals surface area (Å²) in [5.41, 5.74) is 2.29. The van der Waals surface area contributed by atoms with Crippen LogP contribution in [0.4, 0.5) is 0 Å². The van der Waals surface area contributed by atoms with Crippen molar-refractivity contribution in [1.29, 1.82) is 0 Å². The summed E-state index contributed by atoms with van der Waals surface area (Å²) in [5, 5.41) is 2.13. The van der Waals surface area contributed by atoms with Gasteiger partial charge in [0, 0.05) is 16.2 Å². The van der Waals surface area contributed by atoms with Crippen molar-refractivity contribution in [1.82, 2.24) is 0 Å². The van der Waals surface area contributed by atoms with Crippen molar-refractivity contribution >= 4 is 17.1 Å². The molecule has 2 aromatic rings. The van der Waals surface area contributed by atoms with Crippen LogP contribution < -0.4 is 0 Å². The van der Waals surface area contributed by atoms with Crippen LogP contribution >= 0.6 is 11.3 Å². The summed E-state index contributed by atoms with van der Waals surface area (Å²) in [4.78, 5) is 13.7. The molecular formula is C17H18OS. The van der Waals surface area contributed by atoms with Gasteiger partial charge in [-0.2, -0.15) is 0 Å². The number of benzene rings is 1. The number of hydrogen-bond donors (Lipinski definition) is 0. The van der Waals surface area contributed by atoms with Crippen LogP contribution in [0.2, 0.25) is 0 Å². The molecule has 2 unspecified atom stereocenters. The van der Waals surface area contributed by atoms with Gasteiger partial charge in [-0.05, 0) is 29.5 Å². The highest BCUT2D eigenvalue weighted by Gasteiger charge is 2.57. The number of carbonyl (C=O) groups excluding carboxylic acids is 1. The van der Waals surface area contributed by atoms with E-state index < -0.39 is 0 Å². The summed E-state index contributed by atoms with van der Waals surface area (Å²) < 4.78 is 0. The number of aryl methyl sites for hydroxylation is 1. The summed E-state index contributed by atoms with van der Waals surface area (Å²) >= 11 is 1.72. The minimum absolute atomic E-state index is 0.0519. The third-order valence-corrected chi connectivity index (χ3v) is 5.38. The zero-order valence-electron chi connectivity index (χ0n) is 11.5. The van der Waals surface area contributed by atoms with Gasteiger partial charge in [0.15, 0.2) is 0 Å². The smallest absolute Gasteiger partial charge is 0.148 e. The van der Waals surface area contributed by atoms with Crippen LogP contribution in [0.1, 0.15) is 41.7 Å². The quantitative estimate of drug-likeness (QED) is 0.783. The molecule has 0 saturated heterocycles. The monoisotopic (exact) mass is 270 g/mol. The molecule has 3 rings (SSSR count). The minimum Gasteiger partial charge on any atom is -0.298 e. The van der Waals surface area contributed by atoms with E-state index in [1.807, 2.05) is 6.07 Å². The van der Waals surface area contributed by atoms with Crippen LogP contribution in [0.25, 0.3) is 0 Å². The predicted octanol–water partition coefficient (Wildman–Crippen LogP) is 4.53. The molecule has 1 aliphatic carbocycles. The topological polar surface area (TPSA) is 17.1 Å². The number of hydrogen-bond acceptors (Lipinski definition) is 2. The van der Waals surface area contributed by atoms with Gasteiger partial charge in [-0.25, -0.2) is 0 Å². The maximum absolute atomic E-state index is 12.5. The van der Waals surface area contributed by atoms with Crippen LogP contribution in [0.3, 0.4) is 0 Å². The number of rotatable bonds is 2. The molecule has 1 fully saturated rings. The third kappa shape index (κ3) is 1.86. The molecule has 1 aromatic carbocycles. The molecule has 1 aliphatic rings. The Hall–Kier alpha value is -1.41. The zero-order chi connectivity index (χ0) is 13.6. The summed E-state index contributed by atoms with van der Waals surface area (Å²) in [6.45, 7) is 6.24. The molecule has 0 spiro atoms. The Morgan fingerprint density at radius 2 is 1.84 bits per heavy atom. The van der Waals surface area contributed by atoms with Crippen molar-refractivity contribution in [3.05, 3.63) is 57.8 Å². The van der Waals surface area contributed by atoms with Crippen LogP contribution in [0.5, 0.6) is 0 Å². The van der Waals surface area contributed by atoms with Crippen molar-refractivity contribution < 1.29 is 4.79 Å². The molecule has 0 bridgehead atoms. The normalized spacial score (nSPS) is 25.1. The van der Waals surface area contributed by atoms with E-state index in [0.717, 1.165) is 0 Å². The molecule has 0 N–H and O–H groups in total. The van der Waals surface area contributed by atoms with Crippen molar-refractivity contribution in [2.45, 2.75) is 32.6 Å². The van der Waals surface area contributed by atoms with E-state index in [0.29, 0.717) is 11.7 Å². The zero-order valence-corrected chi connectivity index (χ0v) is 12.3. The molecule has 1 heterocycles. The van der Waals surface area contributed by atoms with Crippen molar-refractivity contribution in [3.63, 3.8) is 0 Å². The summed E-state index contributed by atoms with van der Waals surface area (Å²) in [6, 6.07) is 12.6. The van der Waals surface area contributed by atoms with E-state index in [-0.39, 0.29) is 11.3 Å². The Kier molecular flexibility index (Phi) is 2.86. The van der Waals surface area contributed by atoms with Gasteiger partial charge in [0.2, 0.25) is 0 Å². The highest BCUT2D eigenvalue weighted by molar-refractivity contribution is 7.10. The summed E-state index contributed by atoms with van der Waals surface area (Å²) in [7, 11) is 0. The Morgan fingerprint density at radius 1 is 1.16 bits per heavy atom. The predicted molar refractivity (Wildman–Crippen MR) is 79.8 cm³/mol. The Morgan fingerprint density at radius 3 is 2.42 bits per heavy atom. The van der Waals surface area contributed by atoms with Gasteiger partial charge in [-0.3, -0.25) is 4.79 Å². The second kappa shape index (κ2) is 4.31. The van der Waals surface area contributed by atoms with Gasteiger partial charge in [0.05, 0.1) is 5.92 Å². The standard InChI is InChI=1S/C17H18OS/c1-11-9-13(19-10-11)14-15(17(2,3)16(14)18)12-7-5-4-6-8-12/h4-10,14-15H,1-3H3. The Bertz CT molecular complexity index is 609. The first kappa shape index (κ1) is 12.6. The van der Waals surface area contributed by atoms with Crippen molar-refractivity contribution in [2.24, 2.45) is 5.41 Å². The second-order valence-electron chi connectivity index (χ2n) is 5.98. The molecule has 2 heteroatoms. The molecule has 0 aliphatic heterocycles. The molecule has 0 amide bonds. The van der Waals surface area contributed by atoms with E-state index in [9.17, 15) is 4.79 Å². The maximum Gasteiger partial charge on any atom is 0.148 e. The number of Topliss-reactive ketones (excluding diaryl/α,β-unsaturated/α-hetero) is 1. The molecule has 1 aromatic heterocycles. The van der Waals surface area contributed by atoms with E-state index in [2.05, 4.69) is 56.5 Å². The first-order valence-corrected chi connectivity index (χ1v) is 7.54. The van der Waals surface area contributed by atoms with Crippen LogP contribution in [-0.2, 0) is 4.79 Å². The molecular weight excluding hydrogens is 252 g/mol. The largest absolute Gasteiger partial charge is 0.298 e. The first-order valence-electron chi connectivity index (χ1n) is 6.66. The van der Waals surface area contributed by atoms with Gasteiger partial charge in [0.25, 0.3) is 0 Å². The molecule has 1 nitrogen and oxygen atoms in total. The average molecular weight is 270 g/mol. The van der Waals surface area contributed by atoms with Crippen molar-refractivity contribution in [2.75, 3.05) is 0 Å². The van der Waals surface area contributed by atoms with Gasteiger partial charge in [0.1, 0.15) is 5.78 Å². The maximum atomic E-state index is 12.5.